The Hall–Kier alpha value is -2.66. The Morgan fingerprint density at radius 2 is 1.54 bits per heavy atom. The van der Waals surface area contributed by atoms with Crippen molar-refractivity contribution in [2.45, 2.75) is 19.3 Å². The molecule has 0 aliphatic carbocycles. The Balaban J connectivity index is 3.04. The number of esters is 1. The van der Waals surface area contributed by atoms with E-state index in [4.69, 9.17) is 0 Å². The first-order valence-corrected chi connectivity index (χ1v) is 6.83. The lowest BCUT2D eigenvalue weighted by molar-refractivity contribution is -0.154. The summed E-state index contributed by atoms with van der Waals surface area (Å²) >= 11 is 0. The summed E-state index contributed by atoms with van der Waals surface area (Å²) in [5.41, 5.74) is -0.748. The van der Waals surface area contributed by atoms with Gasteiger partial charge in [-0.15, -0.1) is 0 Å². The second-order valence-corrected chi connectivity index (χ2v) is 4.54. The Labute approximate surface area is 142 Å². The molecule has 146 valence electrons. The highest BCUT2D eigenvalue weighted by Gasteiger charge is 2.31. The maximum atomic E-state index is 12.3. The molecule has 0 aliphatic heterocycles. The molecule has 0 saturated heterocycles. The van der Waals surface area contributed by atoms with Crippen molar-refractivity contribution in [1.82, 2.24) is 0 Å². The van der Waals surface area contributed by atoms with Crippen LogP contribution in [0, 0.1) is 0 Å². The van der Waals surface area contributed by atoms with Gasteiger partial charge in [-0.1, -0.05) is 0 Å². The number of carbonyl (C=O) groups is 2. The fourth-order valence-electron chi connectivity index (χ4n) is 1.49. The Bertz CT molecular complexity index is 640. The first-order chi connectivity index (χ1) is 11.9. The third-order valence-electron chi connectivity index (χ3n) is 2.40. The quantitative estimate of drug-likeness (QED) is 0.417. The number of rotatable bonds is 6. The van der Waals surface area contributed by atoms with Crippen LogP contribution in [0.3, 0.4) is 0 Å². The largest absolute Gasteiger partial charge is 0.516 e. The lowest BCUT2D eigenvalue weighted by Crippen LogP contribution is -2.22. The van der Waals surface area contributed by atoms with Crippen molar-refractivity contribution in [1.29, 1.82) is 0 Å². The molecule has 0 saturated carbocycles. The van der Waals surface area contributed by atoms with Gasteiger partial charge in [-0.25, -0.2) is 9.59 Å². The van der Waals surface area contributed by atoms with E-state index in [1.165, 1.54) is 6.92 Å². The molecule has 0 spiro atoms. The smallest absolute Gasteiger partial charge is 0.484 e. The first kappa shape index (κ1) is 21.4. The SMILES string of the molecule is CCOC(=O)OC(=O)c1cc(OCC(F)(F)F)ccc1OCC(F)(F)F. The number of benzene rings is 1. The lowest BCUT2D eigenvalue weighted by atomic mass is 10.2. The monoisotopic (exact) mass is 390 g/mol. The fourth-order valence-corrected chi connectivity index (χ4v) is 1.49. The molecule has 1 aromatic carbocycles. The summed E-state index contributed by atoms with van der Waals surface area (Å²) < 4.78 is 90.6. The minimum absolute atomic E-state index is 0.154. The van der Waals surface area contributed by atoms with Gasteiger partial charge < -0.3 is 18.9 Å². The van der Waals surface area contributed by atoms with E-state index in [9.17, 15) is 35.9 Å². The second-order valence-electron chi connectivity index (χ2n) is 4.54. The van der Waals surface area contributed by atoms with Crippen molar-refractivity contribution in [3.63, 3.8) is 0 Å². The highest BCUT2D eigenvalue weighted by Crippen LogP contribution is 2.28. The van der Waals surface area contributed by atoms with Crippen LogP contribution in [0.25, 0.3) is 0 Å². The summed E-state index contributed by atoms with van der Waals surface area (Å²) in [6.07, 6.45) is -10.9. The molecule has 0 amide bonds. The molecule has 0 N–H and O–H groups in total. The van der Waals surface area contributed by atoms with Gasteiger partial charge in [0, 0.05) is 0 Å². The molecular weight excluding hydrogens is 378 g/mol. The predicted octanol–water partition coefficient (Wildman–Crippen LogP) is 3.88. The van der Waals surface area contributed by atoms with Gasteiger partial charge in [0.05, 0.1) is 6.61 Å². The summed E-state index contributed by atoms with van der Waals surface area (Å²) in [4.78, 5) is 23.0. The Kier molecular flexibility index (Phi) is 7.10. The zero-order valence-electron chi connectivity index (χ0n) is 13.1. The standard InChI is InChI=1S/C14H12F6O6/c1-2-23-12(22)26-11(21)9-5-8(24-6-13(15,16)17)3-4-10(9)25-7-14(18,19)20/h3-5H,2,6-7H2,1H3. The molecule has 6 nitrogen and oxygen atoms in total. The normalized spacial score (nSPS) is 11.7. The number of carbonyl (C=O) groups excluding carboxylic acids is 2. The lowest BCUT2D eigenvalue weighted by Gasteiger charge is -2.14. The summed E-state index contributed by atoms with van der Waals surface area (Å²) in [6, 6.07) is 2.29. The molecule has 0 atom stereocenters. The van der Waals surface area contributed by atoms with Crippen molar-refractivity contribution >= 4 is 12.1 Å². The summed E-state index contributed by atoms with van der Waals surface area (Å²) in [5.74, 6) is -2.66. The van der Waals surface area contributed by atoms with Crippen LogP contribution in [0.1, 0.15) is 17.3 Å². The van der Waals surface area contributed by atoms with Crippen LogP contribution in [0.15, 0.2) is 18.2 Å². The van der Waals surface area contributed by atoms with E-state index in [0.29, 0.717) is 6.07 Å². The molecule has 0 heterocycles. The molecule has 12 heteroatoms. The van der Waals surface area contributed by atoms with E-state index >= 15 is 0 Å². The predicted molar refractivity (Wildman–Crippen MR) is 72.0 cm³/mol. The van der Waals surface area contributed by atoms with Crippen LogP contribution in [0.4, 0.5) is 31.1 Å². The van der Waals surface area contributed by atoms with E-state index in [2.05, 4.69) is 18.9 Å². The minimum Gasteiger partial charge on any atom is -0.484 e. The number of hydrogen-bond donors (Lipinski definition) is 0. The molecule has 0 aromatic heterocycles. The molecule has 0 radical (unpaired) electrons. The highest BCUT2D eigenvalue weighted by atomic mass is 19.4. The summed E-state index contributed by atoms with van der Waals surface area (Å²) in [6.45, 7) is -2.24. The molecule has 0 bridgehead atoms. The summed E-state index contributed by atoms with van der Waals surface area (Å²) in [7, 11) is 0. The first-order valence-electron chi connectivity index (χ1n) is 6.83. The minimum atomic E-state index is -4.74. The topological polar surface area (TPSA) is 71.1 Å². The molecule has 0 aliphatic rings. The number of halogens is 6. The molecular formula is C14H12F6O6. The number of ether oxygens (including phenoxy) is 4. The van der Waals surface area contributed by atoms with Gasteiger partial charge in [-0.05, 0) is 25.1 Å². The maximum Gasteiger partial charge on any atom is 0.516 e. The molecule has 0 unspecified atom stereocenters. The zero-order chi connectivity index (χ0) is 20.0. The third kappa shape index (κ3) is 7.94. The average molecular weight is 390 g/mol. The highest BCUT2D eigenvalue weighted by molar-refractivity contribution is 5.98. The Morgan fingerprint density at radius 1 is 0.962 bits per heavy atom. The van der Waals surface area contributed by atoms with Gasteiger partial charge >= 0.3 is 24.5 Å². The average Bonchev–Trinajstić information content (AvgIpc) is 2.50. The van der Waals surface area contributed by atoms with Gasteiger partial charge in [0.1, 0.15) is 17.1 Å². The van der Waals surface area contributed by atoms with Crippen LogP contribution in [0.2, 0.25) is 0 Å². The van der Waals surface area contributed by atoms with Gasteiger partial charge in [-0.3, -0.25) is 0 Å². The maximum absolute atomic E-state index is 12.3. The van der Waals surface area contributed by atoms with Crippen LogP contribution in [-0.2, 0) is 9.47 Å². The number of alkyl halides is 6. The Morgan fingerprint density at radius 3 is 2.08 bits per heavy atom. The van der Waals surface area contributed by atoms with Crippen LogP contribution in [-0.4, -0.2) is 44.3 Å². The molecule has 0 fully saturated rings. The van der Waals surface area contributed by atoms with Crippen molar-refractivity contribution in [3.8, 4) is 11.5 Å². The van der Waals surface area contributed by atoms with Gasteiger partial charge in [0.15, 0.2) is 13.2 Å². The van der Waals surface area contributed by atoms with Gasteiger partial charge in [0.25, 0.3) is 0 Å². The van der Waals surface area contributed by atoms with Crippen LogP contribution < -0.4 is 9.47 Å². The fraction of sp³-hybridized carbons (Fsp3) is 0.429. The van der Waals surface area contributed by atoms with Gasteiger partial charge in [0.2, 0.25) is 0 Å². The molecule has 1 aromatic rings. The zero-order valence-corrected chi connectivity index (χ0v) is 13.1. The second kappa shape index (κ2) is 8.63. The van der Waals surface area contributed by atoms with E-state index in [1.54, 1.807) is 0 Å². The van der Waals surface area contributed by atoms with Crippen molar-refractivity contribution in [3.05, 3.63) is 23.8 Å². The third-order valence-corrected chi connectivity index (χ3v) is 2.40. The number of hydrogen-bond acceptors (Lipinski definition) is 6. The van der Waals surface area contributed by atoms with Crippen LogP contribution >= 0.6 is 0 Å². The molecule has 26 heavy (non-hydrogen) atoms. The van der Waals surface area contributed by atoms with E-state index < -0.39 is 54.8 Å². The van der Waals surface area contributed by atoms with Crippen molar-refractivity contribution in [2.24, 2.45) is 0 Å². The van der Waals surface area contributed by atoms with E-state index in [0.717, 1.165) is 12.1 Å². The van der Waals surface area contributed by atoms with E-state index in [-0.39, 0.29) is 6.61 Å². The van der Waals surface area contributed by atoms with E-state index in [1.807, 2.05) is 0 Å². The van der Waals surface area contributed by atoms with Gasteiger partial charge in [-0.2, -0.15) is 26.3 Å². The summed E-state index contributed by atoms with van der Waals surface area (Å²) in [5, 5.41) is 0. The molecule has 1 rings (SSSR count). The van der Waals surface area contributed by atoms with Crippen molar-refractivity contribution in [2.75, 3.05) is 19.8 Å². The van der Waals surface area contributed by atoms with Crippen LogP contribution in [0.5, 0.6) is 11.5 Å². The van der Waals surface area contributed by atoms with Crippen molar-refractivity contribution < 1.29 is 54.9 Å².